The Hall–Kier alpha value is -2.63. The monoisotopic (exact) mass is 340 g/mol. The SMILES string of the molecule is CNC(=O)[C@@H]1CCCCN1C(=O)c1cnn(-c2ccc(C)cc2)c1C. The maximum Gasteiger partial charge on any atom is 0.258 e. The minimum atomic E-state index is -0.395. The predicted molar refractivity (Wildman–Crippen MR) is 95.8 cm³/mol. The number of hydrogen-bond donors (Lipinski definition) is 1. The van der Waals surface area contributed by atoms with Crippen molar-refractivity contribution in [3.8, 4) is 5.69 Å². The van der Waals surface area contributed by atoms with Gasteiger partial charge < -0.3 is 10.2 Å². The molecule has 1 atom stereocenters. The van der Waals surface area contributed by atoms with Gasteiger partial charge in [0.05, 0.1) is 23.1 Å². The molecule has 2 amide bonds. The molecule has 0 aliphatic carbocycles. The Kier molecular flexibility index (Phi) is 4.88. The molecule has 1 aliphatic heterocycles. The van der Waals surface area contributed by atoms with Crippen molar-refractivity contribution in [1.82, 2.24) is 20.0 Å². The van der Waals surface area contributed by atoms with Crippen LogP contribution >= 0.6 is 0 Å². The second-order valence-corrected chi connectivity index (χ2v) is 6.52. The minimum absolute atomic E-state index is 0.100. The molecule has 132 valence electrons. The van der Waals surface area contributed by atoms with Gasteiger partial charge in [0.2, 0.25) is 5.91 Å². The molecule has 0 unspecified atom stereocenters. The number of aromatic nitrogens is 2. The Morgan fingerprint density at radius 2 is 1.88 bits per heavy atom. The Morgan fingerprint density at radius 3 is 2.56 bits per heavy atom. The van der Waals surface area contributed by atoms with E-state index in [1.165, 1.54) is 5.56 Å². The van der Waals surface area contributed by atoms with Crippen LogP contribution in [0.15, 0.2) is 30.5 Å². The number of amides is 2. The largest absolute Gasteiger partial charge is 0.357 e. The number of carbonyl (C=O) groups is 2. The van der Waals surface area contributed by atoms with Gasteiger partial charge in [-0.3, -0.25) is 9.59 Å². The lowest BCUT2D eigenvalue weighted by molar-refractivity contribution is -0.126. The van der Waals surface area contributed by atoms with E-state index in [1.807, 2.05) is 38.1 Å². The van der Waals surface area contributed by atoms with Crippen molar-refractivity contribution in [2.75, 3.05) is 13.6 Å². The first kappa shape index (κ1) is 17.2. The summed E-state index contributed by atoms with van der Waals surface area (Å²) in [5, 5.41) is 7.06. The van der Waals surface area contributed by atoms with Gasteiger partial charge in [-0.25, -0.2) is 4.68 Å². The molecule has 0 spiro atoms. The minimum Gasteiger partial charge on any atom is -0.357 e. The third-order valence-corrected chi connectivity index (χ3v) is 4.83. The molecule has 0 saturated carbocycles. The van der Waals surface area contributed by atoms with Gasteiger partial charge in [-0.05, 0) is 45.2 Å². The van der Waals surface area contributed by atoms with E-state index >= 15 is 0 Å². The summed E-state index contributed by atoms with van der Waals surface area (Å²) in [5.74, 6) is -0.221. The van der Waals surface area contributed by atoms with E-state index < -0.39 is 6.04 Å². The van der Waals surface area contributed by atoms with E-state index in [2.05, 4.69) is 10.4 Å². The highest BCUT2D eigenvalue weighted by atomic mass is 16.2. The van der Waals surface area contributed by atoms with E-state index in [-0.39, 0.29) is 11.8 Å². The van der Waals surface area contributed by atoms with Crippen LogP contribution in [0, 0.1) is 13.8 Å². The molecule has 1 N–H and O–H groups in total. The molecule has 25 heavy (non-hydrogen) atoms. The maximum absolute atomic E-state index is 13.0. The topological polar surface area (TPSA) is 67.2 Å². The Balaban J connectivity index is 1.89. The second kappa shape index (κ2) is 7.09. The van der Waals surface area contributed by atoms with E-state index in [9.17, 15) is 9.59 Å². The van der Waals surface area contributed by atoms with Crippen LogP contribution in [0.25, 0.3) is 5.69 Å². The zero-order valence-corrected chi connectivity index (χ0v) is 15.0. The molecule has 1 aliphatic rings. The van der Waals surface area contributed by atoms with Crippen LogP contribution in [0.1, 0.15) is 40.9 Å². The molecule has 1 aromatic carbocycles. The predicted octanol–water partition coefficient (Wildman–Crippen LogP) is 2.23. The summed E-state index contributed by atoms with van der Waals surface area (Å²) < 4.78 is 1.77. The fourth-order valence-electron chi connectivity index (χ4n) is 3.33. The van der Waals surface area contributed by atoms with Crippen molar-refractivity contribution in [3.63, 3.8) is 0 Å². The van der Waals surface area contributed by atoms with Gasteiger partial charge in [0.15, 0.2) is 0 Å². The van der Waals surface area contributed by atoms with Gasteiger partial charge in [-0.1, -0.05) is 17.7 Å². The molecule has 6 heteroatoms. The number of benzene rings is 1. The van der Waals surface area contributed by atoms with Gasteiger partial charge >= 0.3 is 0 Å². The van der Waals surface area contributed by atoms with Gasteiger partial charge in [-0.15, -0.1) is 0 Å². The number of nitrogens with zero attached hydrogens (tertiary/aromatic N) is 3. The molecule has 2 aromatic rings. The van der Waals surface area contributed by atoms with Crippen molar-refractivity contribution >= 4 is 11.8 Å². The number of nitrogens with one attached hydrogen (secondary N) is 1. The first-order chi connectivity index (χ1) is 12.0. The zero-order valence-electron chi connectivity index (χ0n) is 15.0. The summed E-state index contributed by atoms with van der Waals surface area (Å²) in [5.41, 5.74) is 3.43. The number of carbonyl (C=O) groups excluding carboxylic acids is 2. The van der Waals surface area contributed by atoms with Gasteiger partial charge in [0.1, 0.15) is 6.04 Å². The van der Waals surface area contributed by atoms with Crippen LogP contribution in [0.2, 0.25) is 0 Å². The number of hydrogen-bond acceptors (Lipinski definition) is 3. The summed E-state index contributed by atoms with van der Waals surface area (Å²) in [4.78, 5) is 26.9. The zero-order chi connectivity index (χ0) is 18.0. The molecule has 6 nitrogen and oxygen atoms in total. The Morgan fingerprint density at radius 1 is 1.16 bits per heavy atom. The second-order valence-electron chi connectivity index (χ2n) is 6.52. The maximum atomic E-state index is 13.0. The fraction of sp³-hybridized carbons (Fsp3) is 0.421. The van der Waals surface area contributed by atoms with Crippen molar-refractivity contribution < 1.29 is 9.59 Å². The smallest absolute Gasteiger partial charge is 0.258 e. The summed E-state index contributed by atoms with van der Waals surface area (Å²) in [7, 11) is 1.61. The number of likely N-dealkylation sites (tertiary alicyclic amines) is 1. The summed E-state index contributed by atoms with van der Waals surface area (Å²) in [6.45, 7) is 4.52. The number of piperidine rings is 1. The lowest BCUT2D eigenvalue weighted by Crippen LogP contribution is -2.51. The third-order valence-electron chi connectivity index (χ3n) is 4.83. The molecule has 1 aromatic heterocycles. The van der Waals surface area contributed by atoms with Crippen molar-refractivity contribution in [2.24, 2.45) is 0 Å². The van der Waals surface area contributed by atoms with Crippen LogP contribution in [0.3, 0.4) is 0 Å². The van der Waals surface area contributed by atoms with E-state index in [0.717, 1.165) is 24.2 Å². The summed E-state index contributed by atoms with van der Waals surface area (Å²) in [6, 6.07) is 7.61. The van der Waals surface area contributed by atoms with Crippen LogP contribution in [0.4, 0.5) is 0 Å². The molecular formula is C19H24N4O2. The van der Waals surface area contributed by atoms with Gasteiger partial charge in [-0.2, -0.15) is 5.10 Å². The van der Waals surface area contributed by atoms with E-state index in [1.54, 1.807) is 22.8 Å². The molecule has 2 heterocycles. The van der Waals surface area contributed by atoms with E-state index in [4.69, 9.17) is 0 Å². The average molecular weight is 340 g/mol. The molecular weight excluding hydrogens is 316 g/mol. The molecule has 0 radical (unpaired) electrons. The molecule has 1 fully saturated rings. The first-order valence-corrected chi connectivity index (χ1v) is 8.67. The lowest BCUT2D eigenvalue weighted by atomic mass is 10.00. The number of likely N-dealkylation sites (N-methyl/N-ethyl adjacent to an activating group) is 1. The van der Waals surface area contributed by atoms with Gasteiger partial charge in [0, 0.05) is 13.6 Å². The third kappa shape index (κ3) is 3.29. The Labute approximate surface area is 147 Å². The fourth-order valence-corrected chi connectivity index (χ4v) is 3.33. The number of aryl methyl sites for hydroxylation is 1. The first-order valence-electron chi connectivity index (χ1n) is 8.67. The standard InChI is InChI=1S/C19H24N4O2/c1-13-7-9-15(10-8-13)23-14(2)16(12-21-23)19(25)22-11-5-4-6-17(22)18(24)20-3/h7-10,12,17H,4-6,11H2,1-3H3,(H,20,24)/t17-/m0/s1. The van der Waals surface area contributed by atoms with Crippen LogP contribution < -0.4 is 5.32 Å². The number of rotatable bonds is 3. The molecule has 0 bridgehead atoms. The highest BCUT2D eigenvalue weighted by Gasteiger charge is 2.33. The molecule has 3 rings (SSSR count). The summed E-state index contributed by atoms with van der Waals surface area (Å²) >= 11 is 0. The Bertz CT molecular complexity index is 779. The summed E-state index contributed by atoms with van der Waals surface area (Å²) in [6.07, 6.45) is 4.19. The van der Waals surface area contributed by atoms with Crippen molar-refractivity contribution in [3.05, 3.63) is 47.3 Å². The quantitative estimate of drug-likeness (QED) is 0.932. The van der Waals surface area contributed by atoms with Crippen molar-refractivity contribution in [2.45, 2.75) is 39.2 Å². The van der Waals surface area contributed by atoms with Crippen molar-refractivity contribution in [1.29, 1.82) is 0 Å². The van der Waals surface area contributed by atoms with Crippen LogP contribution in [-0.2, 0) is 4.79 Å². The average Bonchev–Trinajstić information content (AvgIpc) is 3.02. The van der Waals surface area contributed by atoms with E-state index in [0.29, 0.717) is 18.5 Å². The molecule has 1 saturated heterocycles. The van der Waals surface area contributed by atoms with Crippen LogP contribution in [0.5, 0.6) is 0 Å². The highest BCUT2D eigenvalue weighted by Crippen LogP contribution is 2.22. The van der Waals surface area contributed by atoms with Gasteiger partial charge in [0.25, 0.3) is 5.91 Å². The lowest BCUT2D eigenvalue weighted by Gasteiger charge is -2.34. The normalized spacial score (nSPS) is 17.4. The highest BCUT2D eigenvalue weighted by molar-refractivity contribution is 5.98. The van der Waals surface area contributed by atoms with Crippen LogP contribution in [-0.4, -0.2) is 46.1 Å².